The monoisotopic (exact) mass is 322 g/mol. The summed E-state index contributed by atoms with van der Waals surface area (Å²) >= 11 is 0. The predicted octanol–water partition coefficient (Wildman–Crippen LogP) is 1.86. The largest absolute Gasteiger partial charge is 0.504 e. The third-order valence-electron chi connectivity index (χ3n) is 4.68. The van der Waals surface area contributed by atoms with Gasteiger partial charge in [0, 0.05) is 32.2 Å². The summed E-state index contributed by atoms with van der Waals surface area (Å²) < 4.78 is 18.9. The van der Waals surface area contributed by atoms with Crippen LogP contribution in [0.2, 0.25) is 0 Å². The molecule has 1 N–H and O–H groups in total. The van der Waals surface area contributed by atoms with E-state index >= 15 is 0 Å². The zero-order valence-electron chi connectivity index (χ0n) is 13.2. The average Bonchev–Trinajstić information content (AvgIpc) is 2.58. The fraction of sp³-hybridized carbons (Fsp3) is 0.588. The van der Waals surface area contributed by atoms with Gasteiger partial charge in [-0.2, -0.15) is 0 Å². The van der Waals surface area contributed by atoms with E-state index in [1.165, 1.54) is 12.1 Å². The summed E-state index contributed by atoms with van der Waals surface area (Å²) in [4.78, 5) is 16.9. The van der Waals surface area contributed by atoms with Gasteiger partial charge < -0.3 is 14.7 Å². The number of benzene rings is 1. The smallest absolute Gasteiger partial charge is 0.258 e. The van der Waals surface area contributed by atoms with Crippen LogP contribution in [0.3, 0.4) is 0 Å². The number of morpholine rings is 1. The molecule has 1 amide bonds. The molecule has 1 atom stereocenters. The van der Waals surface area contributed by atoms with Gasteiger partial charge in [0.1, 0.15) is 0 Å². The summed E-state index contributed by atoms with van der Waals surface area (Å²) in [7, 11) is 0. The molecule has 0 radical (unpaired) electrons. The molecule has 1 aromatic rings. The van der Waals surface area contributed by atoms with Crippen molar-refractivity contribution in [2.45, 2.75) is 25.3 Å². The normalized spacial score (nSPS) is 23.0. The minimum Gasteiger partial charge on any atom is -0.504 e. The third kappa shape index (κ3) is 3.64. The molecule has 2 aliphatic heterocycles. The SMILES string of the molecule is O=C(c1cccc(F)c1O)N1CCCCC1CN1CCOCC1. The number of hydrogen-bond acceptors (Lipinski definition) is 4. The number of rotatable bonds is 3. The Balaban J connectivity index is 1.74. The van der Waals surface area contributed by atoms with E-state index in [0.29, 0.717) is 6.54 Å². The third-order valence-corrected chi connectivity index (χ3v) is 4.68. The second-order valence-electron chi connectivity index (χ2n) is 6.20. The number of para-hydroxylation sites is 1. The van der Waals surface area contributed by atoms with Crippen molar-refractivity contribution in [3.05, 3.63) is 29.6 Å². The van der Waals surface area contributed by atoms with Gasteiger partial charge >= 0.3 is 0 Å². The summed E-state index contributed by atoms with van der Waals surface area (Å²) in [6.45, 7) is 4.68. The quantitative estimate of drug-likeness (QED) is 0.923. The standard InChI is InChI=1S/C17H23FN2O3/c18-15-6-3-5-14(16(15)21)17(22)20-7-2-1-4-13(20)12-19-8-10-23-11-9-19/h3,5-6,13,21H,1-2,4,7-12H2. The summed E-state index contributed by atoms with van der Waals surface area (Å²) in [6, 6.07) is 4.22. The fourth-order valence-electron chi connectivity index (χ4n) is 3.38. The van der Waals surface area contributed by atoms with Crippen molar-refractivity contribution in [2.24, 2.45) is 0 Å². The maximum atomic E-state index is 13.5. The number of ether oxygens (including phenoxy) is 1. The van der Waals surface area contributed by atoms with Crippen molar-refractivity contribution in [3.63, 3.8) is 0 Å². The minimum absolute atomic E-state index is 0.0545. The van der Waals surface area contributed by atoms with Gasteiger partial charge in [0.05, 0.1) is 18.8 Å². The van der Waals surface area contributed by atoms with E-state index in [4.69, 9.17) is 4.74 Å². The van der Waals surface area contributed by atoms with Crippen LogP contribution in [0.4, 0.5) is 4.39 Å². The first-order chi connectivity index (χ1) is 11.2. The number of halogens is 1. The molecule has 1 aromatic carbocycles. The lowest BCUT2D eigenvalue weighted by molar-refractivity contribution is 0.0165. The first-order valence-corrected chi connectivity index (χ1v) is 8.25. The van der Waals surface area contributed by atoms with Crippen LogP contribution in [0.5, 0.6) is 5.75 Å². The molecule has 0 bridgehead atoms. The Morgan fingerprint density at radius 2 is 2.04 bits per heavy atom. The highest BCUT2D eigenvalue weighted by molar-refractivity contribution is 5.97. The number of phenols is 1. The van der Waals surface area contributed by atoms with Crippen molar-refractivity contribution in [3.8, 4) is 5.75 Å². The maximum Gasteiger partial charge on any atom is 0.258 e. The maximum absolute atomic E-state index is 13.5. The second kappa shape index (κ2) is 7.27. The van der Waals surface area contributed by atoms with Crippen molar-refractivity contribution in [2.75, 3.05) is 39.4 Å². The Kier molecular flexibility index (Phi) is 5.13. The van der Waals surface area contributed by atoms with Crippen LogP contribution in [-0.2, 0) is 4.74 Å². The van der Waals surface area contributed by atoms with Crippen molar-refractivity contribution >= 4 is 5.91 Å². The Morgan fingerprint density at radius 3 is 2.83 bits per heavy atom. The molecule has 23 heavy (non-hydrogen) atoms. The molecule has 0 spiro atoms. The molecule has 0 aliphatic carbocycles. The van der Waals surface area contributed by atoms with Crippen LogP contribution in [0.1, 0.15) is 29.6 Å². The van der Waals surface area contributed by atoms with Crippen LogP contribution >= 0.6 is 0 Å². The highest BCUT2D eigenvalue weighted by atomic mass is 19.1. The minimum atomic E-state index is -0.752. The number of aromatic hydroxyl groups is 1. The van der Waals surface area contributed by atoms with Crippen LogP contribution < -0.4 is 0 Å². The van der Waals surface area contributed by atoms with E-state index in [2.05, 4.69) is 4.90 Å². The van der Waals surface area contributed by atoms with Gasteiger partial charge in [-0.1, -0.05) is 6.07 Å². The molecule has 2 fully saturated rings. The van der Waals surface area contributed by atoms with E-state index in [0.717, 1.165) is 58.2 Å². The van der Waals surface area contributed by atoms with Crippen molar-refractivity contribution < 1.29 is 19.0 Å². The molecule has 2 heterocycles. The first kappa shape index (κ1) is 16.2. The Morgan fingerprint density at radius 1 is 1.26 bits per heavy atom. The number of piperidine rings is 1. The van der Waals surface area contributed by atoms with Crippen LogP contribution in [0.25, 0.3) is 0 Å². The molecule has 126 valence electrons. The zero-order chi connectivity index (χ0) is 16.2. The van der Waals surface area contributed by atoms with Gasteiger partial charge in [0.15, 0.2) is 11.6 Å². The Hall–Kier alpha value is -1.66. The summed E-state index contributed by atoms with van der Waals surface area (Å²) in [5.41, 5.74) is 0.0545. The second-order valence-corrected chi connectivity index (χ2v) is 6.20. The number of likely N-dealkylation sites (tertiary alicyclic amines) is 1. The van der Waals surface area contributed by atoms with E-state index in [-0.39, 0.29) is 17.5 Å². The molecule has 2 saturated heterocycles. The van der Waals surface area contributed by atoms with E-state index < -0.39 is 11.6 Å². The van der Waals surface area contributed by atoms with E-state index in [1.54, 1.807) is 4.90 Å². The number of carbonyl (C=O) groups is 1. The molecule has 6 heteroatoms. The van der Waals surface area contributed by atoms with Gasteiger partial charge in [0.2, 0.25) is 0 Å². The van der Waals surface area contributed by atoms with Gasteiger partial charge in [-0.15, -0.1) is 0 Å². The van der Waals surface area contributed by atoms with Gasteiger partial charge in [-0.25, -0.2) is 4.39 Å². The van der Waals surface area contributed by atoms with Crippen molar-refractivity contribution in [1.82, 2.24) is 9.80 Å². The van der Waals surface area contributed by atoms with Gasteiger partial charge in [0.25, 0.3) is 5.91 Å². The highest BCUT2D eigenvalue weighted by Gasteiger charge is 2.31. The lowest BCUT2D eigenvalue weighted by Gasteiger charge is -2.39. The van der Waals surface area contributed by atoms with Crippen LogP contribution in [-0.4, -0.2) is 66.2 Å². The molecule has 0 saturated carbocycles. The molecule has 0 aromatic heterocycles. The topological polar surface area (TPSA) is 53.0 Å². The summed E-state index contributed by atoms with van der Waals surface area (Å²) in [5, 5.41) is 9.86. The van der Waals surface area contributed by atoms with Crippen LogP contribution in [0.15, 0.2) is 18.2 Å². The molecule has 5 nitrogen and oxygen atoms in total. The average molecular weight is 322 g/mol. The molecule has 1 unspecified atom stereocenters. The number of amides is 1. The Labute approximate surface area is 135 Å². The molecular weight excluding hydrogens is 299 g/mol. The first-order valence-electron chi connectivity index (χ1n) is 8.25. The molecule has 2 aliphatic rings. The van der Waals surface area contributed by atoms with Gasteiger partial charge in [-0.3, -0.25) is 9.69 Å². The van der Waals surface area contributed by atoms with Gasteiger partial charge in [-0.05, 0) is 31.4 Å². The summed E-state index contributed by atoms with van der Waals surface area (Å²) in [5.74, 6) is -1.58. The molecule has 3 rings (SSSR count). The van der Waals surface area contributed by atoms with Crippen LogP contribution in [0, 0.1) is 5.82 Å². The molecular formula is C17H23FN2O3. The lowest BCUT2D eigenvalue weighted by Crippen LogP contribution is -2.51. The number of nitrogens with zero attached hydrogens (tertiary/aromatic N) is 2. The summed E-state index contributed by atoms with van der Waals surface area (Å²) in [6.07, 6.45) is 2.98. The van der Waals surface area contributed by atoms with E-state index in [9.17, 15) is 14.3 Å². The highest BCUT2D eigenvalue weighted by Crippen LogP contribution is 2.26. The Bertz CT molecular complexity index is 561. The fourth-order valence-corrected chi connectivity index (χ4v) is 3.38. The number of phenolic OH excluding ortho intramolecular Hbond substituents is 1. The van der Waals surface area contributed by atoms with Crippen molar-refractivity contribution in [1.29, 1.82) is 0 Å². The predicted molar refractivity (Wildman–Crippen MR) is 84.0 cm³/mol. The number of hydrogen-bond donors (Lipinski definition) is 1. The lowest BCUT2D eigenvalue weighted by atomic mass is 9.99. The number of carbonyl (C=O) groups excluding carboxylic acids is 1. The zero-order valence-corrected chi connectivity index (χ0v) is 13.2. The van der Waals surface area contributed by atoms with E-state index in [1.807, 2.05) is 0 Å².